The molecule has 0 atom stereocenters. The second kappa shape index (κ2) is 13.4. The Bertz CT molecular complexity index is 948. The number of carboxylic acid groups (broad SMARTS) is 1. The van der Waals surface area contributed by atoms with Gasteiger partial charge in [-0.2, -0.15) is 17.5 Å². The van der Waals surface area contributed by atoms with Gasteiger partial charge in [0.2, 0.25) is 10.0 Å². The molecule has 2 fully saturated rings. The van der Waals surface area contributed by atoms with Crippen molar-refractivity contribution in [2.75, 3.05) is 38.5 Å². The Labute approximate surface area is 208 Å². The summed E-state index contributed by atoms with van der Waals surface area (Å²) in [5.74, 6) is -2.91. The topological polar surface area (TPSA) is 107 Å². The van der Waals surface area contributed by atoms with Crippen LogP contribution in [0.5, 0.6) is 0 Å². The minimum Gasteiger partial charge on any atom is -0.475 e. The van der Waals surface area contributed by atoms with Gasteiger partial charge in [0.25, 0.3) is 5.91 Å². The number of rotatable bonds is 6. The van der Waals surface area contributed by atoms with Gasteiger partial charge in [0, 0.05) is 49.4 Å². The smallest absolute Gasteiger partial charge is 0.475 e. The van der Waals surface area contributed by atoms with Crippen molar-refractivity contribution in [1.82, 2.24) is 14.5 Å². The Balaban J connectivity index is 0.000000540. The van der Waals surface area contributed by atoms with Crippen LogP contribution in [0, 0.1) is 0 Å². The highest BCUT2D eigenvalue weighted by Crippen LogP contribution is 2.24. The molecule has 198 valence electrons. The Hall–Kier alpha value is -1.89. The number of carboxylic acids is 1. The molecule has 0 bridgehead atoms. The van der Waals surface area contributed by atoms with Crippen LogP contribution in [-0.4, -0.2) is 85.3 Å². The third kappa shape index (κ3) is 9.59. The molecule has 3 rings (SSSR count). The Morgan fingerprint density at radius 2 is 1.69 bits per heavy atom. The number of alkyl halides is 3. The molecule has 35 heavy (non-hydrogen) atoms. The van der Waals surface area contributed by atoms with Gasteiger partial charge in [-0.3, -0.25) is 4.79 Å². The van der Waals surface area contributed by atoms with Crippen LogP contribution in [0.4, 0.5) is 13.2 Å². The summed E-state index contributed by atoms with van der Waals surface area (Å²) in [4.78, 5) is 23.9. The van der Waals surface area contributed by atoms with Crippen LogP contribution in [0.1, 0.15) is 48.9 Å². The Morgan fingerprint density at radius 1 is 1.11 bits per heavy atom. The van der Waals surface area contributed by atoms with Crippen LogP contribution in [0.2, 0.25) is 5.02 Å². The maximum Gasteiger partial charge on any atom is 0.490 e. The van der Waals surface area contributed by atoms with E-state index in [2.05, 4.69) is 5.32 Å². The van der Waals surface area contributed by atoms with Crippen LogP contribution in [0.3, 0.4) is 0 Å². The Kier molecular flexibility index (Phi) is 11.3. The molecule has 1 aromatic rings. The van der Waals surface area contributed by atoms with Crippen molar-refractivity contribution in [1.29, 1.82) is 0 Å². The predicted octanol–water partition coefficient (Wildman–Crippen LogP) is 3.37. The minimum atomic E-state index is -5.08. The maximum atomic E-state index is 13.3. The van der Waals surface area contributed by atoms with Crippen molar-refractivity contribution in [3.05, 3.63) is 34.9 Å². The molecule has 1 aliphatic heterocycles. The Morgan fingerprint density at radius 3 is 2.20 bits per heavy atom. The lowest BCUT2D eigenvalue weighted by molar-refractivity contribution is -0.192. The molecular weight excluding hydrogens is 511 g/mol. The first-order valence-corrected chi connectivity index (χ1v) is 13.5. The van der Waals surface area contributed by atoms with E-state index < -0.39 is 22.2 Å². The molecular formula is C22H31ClF3N3O5S. The zero-order valence-corrected chi connectivity index (χ0v) is 20.8. The van der Waals surface area contributed by atoms with E-state index in [1.54, 1.807) is 33.5 Å². The van der Waals surface area contributed by atoms with E-state index in [-0.39, 0.29) is 24.2 Å². The number of hydrogen-bond donors (Lipinski definition) is 2. The summed E-state index contributed by atoms with van der Waals surface area (Å²) in [6, 6.07) is 7.01. The van der Waals surface area contributed by atoms with Crippen molar-refractivity contribution in [3.63, 3.8) is 0 Å². The van der Waals surface area contributed by atoms with Gasteiger partial charge in [-0.1, -0.05) is 43.4 Å². The molecule has 8 nitrogen and oxygen atoms in total. The van der Waals surface area contributed by atoms with Gasteiger partial charge < -0.3 is 15.3 Å². The summed E-state index contributed by atoms with van der Waals surface area (Å²) >= 11 is 6.08. The van der Waals surface area contributed by atoms with Gasteiger partial charge in [0.1, 0.15) is 0 Å². The van der Waals surface area contributed by atoms with Crippen molar-refractivity contribution < 1.29 is 36.3 Å². The summed E-state index contributed by atoms with van der Waals surface area (Å²) in [5, 5.41) is 10.8. The molecule has 0 aromatic heterocycles. The van der Waals surface area contributed by atoms with E-state index in [0.29, 0.717) is 36.8 Å². The zero-order valence-electron chi connectivity index (χ0n) is 19.3. The lowest BCUT2D eigenvalue weighted by Crippen LogP contribution is -2.49. The second-order valence-corrected chi connectivity index (χ2v) is 10.9. The molecule has 1 amide bonds. The number of sulfonamides is 1. The number of hydrogen-bond acceptors (Lipinski definition) is 5. The highest BCUT2D eigenvalue weighted by atomic mass is 35.5. The summed E-state index contributed by atoms with van der Waals surface area (Å²) < 4.78 is 58.9. The van der Waals surface area contributed by atoms with Crippen LogP contribution in [-0.2, 0) is 14.8 Å². The quantitative estimate of drug-likeness (QED) is 0.535. The van der Waals surface area contributed by atoms with Gasteiger partial charge >= 0.3 is 12.1 Å². The molecule has 2 N–H and O–H groups in total. The summed E-state index contributed by atoms with van der Waals surface area (Å²) in [5.41, 5.74) is 0.524. The van der Waals surface area contributed by atoms with E-state index in [1.165, 1.54) is 12.8 Å². The number of benzene rings is 1. The third-order valence-electron chi connectivity index (χ3n) is 5.90. The summed E-state index contributed by atoms with van der Waals surface area (Å²) in [6.45, 7) is 2.56. The average molecular weight is 542 g/mol. The summed E-state index contributed by atoms with van der Waals surface area (Å²) in [6.07, 6.45) is 1.28. The van der Waals surface area contributed by atoms with E-state index in [4.69, 9.17) is 21.5 Å². The average Bonchev–Trinajstić information content (AvgIpc) is 3.09. The first kappa shape index (κ1) is 29.3. The fourth-order valence-electron chi connectivity index (χ4n) is 4.07. The van der Waals surface area contributed by atoms with Gasteiger partial charge in [-0.05, 0) is 31.0 Å². The predicted molar refractivity (Wildman–Crippen MR) is 126 cm³/mol. The van der Waals surface area contributed by atoms with E-state index >= 15 is 0 Å². The van der Waals surface area contributed by atoms with E-state index in [9.17, 15) is 26.4 Å². The number of aliphatic carboxylic acids is 1. The fourth-order valence-corrected chi connectivity index (χ4v) is 5.69. The zero-order chi connectivity index (χ0) is 26.1. The molecule has 0 radical (unpaired) electrons. The molecule has 1 saturated carbocycles. The third-order valence-corrected chi connectivity index (χ3v) is 7.99. The fraction of sp³-hybridized carbons (Fsp3) is 0.636. The second-order valence-electron chi connectivity index (χ2n) is 8.42. The minimum absolute atomic E-state index is 0.0319. The van der Waals surface area contributed by atoms with Crippen LogP contribution < -0.4 is 5.32 Å². The highest BCUT2D eigenvalue weighted by Gasteiger charge is 2.38. The van der Waals surface area contributed by atoms with Crippen molar-refractivity contribution in [3.8, 4) is 0 Å². The number of nitrogens with one attached hydrogen (secondary N) is 1. The number of nitrogens with zero attached hydrogens (tertiary/aromatic N) is 2. The monoisotopic (exact) mass is 541 g/mol. The lowest BCUT2D eigenvalue weighted by Gasteiger charge is -2.33. The molecule has 0 unspecified atom stereocenters. The SMILES string of the molecule is O=C(O)C(F)(F)F.O=C(c1cccc(Cl)c1)N(CCS(=O)(=O)N1CCNCC1)C1CCCCCC1. The lowest BCUT2D eigenvalue weighted by atomic mass is 10.1. The number of amides is 1. The number of carbonyl (C=O) groups excluding carboxylic acids is 1. The van der Waals surface area contributed by atoms with Crippen molar-refractivity contribution in [2.45, 2.75) is 50.7 Å². The molecule has 0 spiro atoms. The largest absolute Gasteiger partial charge is 0.490 e. The molecule has 1 aromatic carbocycles. The van der Waals surface area contributed by atoms with Crippen LogP contribution >= 0.6 is 11.6 Å². The van der Waals surface area contributed by atoms with Crippen molar-refractivity contribution in [2.24, 2.45) is 0 Å². The first-order chi connectivity index (χ1) is 16.4. The molecule has 2 aliphatic rings. The normalized spacial score (nSPS) is 18.2. The number of carbonyl (C=O) groups is 2. The molecule has 1 saturated heterocycles. The highest BCUT2D eigenvalue weighted by molar-refractivity contribution is 7.89. The maximum absolute atomic E-state index is 13.3. The van der Waals surface area contributed by atoms with E-state index in [0.717, 1.165) is 25.7 Å². The van der Waals surface area contributed by atoms with Gasteiger partial charge in [-0.25, -0.2) is 13.2 Å². The standard InChI is InChI=1S/C20H30ClN3O3S.C2HF3O2/c21-18-7-5-6-17(16-18)20(25)24(19-8-3-1-2-4-9-19)14-15-28(26,27)23-12-10-22-11-13-23;3-2(4,5)1(6)7/h5-7,16,19,22H,1-4,8-15H2;(H,6,7). The van der Waals surface area contributed by atoms with Gasteiger partial charge in [0.05, 0.1) is 5.75 Å². The summed E-state index contributed by atoms with van der Waals surface area (Å²) in [7, 11) is -3.38. The number of piperazine rings is 1. The van der Waals surface area contributed by atoms with E-state index in [1.807, 2.05) is 0 Å². The number of halogens is 4. The van der Waals surface area contributed by atoms with Gasteiger partial charge in [0.15, 0.2) is 0 Å². The molecule has 1 heterocycles. The first-order valence-electron chi connectivity index (χ1n) is 11.5. The molecule has 13 heteroatoms. The molecule has 1 aliphatic carbocycles. The van der Waals surface area contributed by atoms with Gasteiger partial charge in [-0.15, -0.1) is 0 Å². The van der Waals surface area contributed by atoms with Crippen molar-refractivity contribution >= 4 is 33.5 Å². The van der Waals surface area contributed by atoms with Crippen LogP contribution in [0.25, 0.3) is 0 Å². The van der Waals surface area contributed by atoms with Crippen LogP contribution in [0.15, 0.2) is 24.3 Å².